The van der Waals surface area contributed by atoms with Gasteiger partial charge in [-0.15, -0.1) is 0 Å². The van der Waals surface area contributed by atoms with Gasteiger partial charge in [0.25, 0.3) is 0 Å². The minimum Gasteiger partial charge on any atom is -0.350 e. The molecule has 3 aliphatic rings. The molecule has 2 N–H and O–H groups in total. The lowest BCUT2D eigenvalue weighted by Gasteiger charge is -2.28. The van der Waals surface area contributed by atoms with Gasteiger partial charge in [-0.05, 0) is 32.4 Å². The summed E-state index contributed by atoms with van der Waals surface area (Å²) < 4.78 is 0. The van der Waals surface area contributed by atoms with Crippen molar-refractivity contribution in [3.63, 3.8) is 0 Å². The second kappa shape index (κ2) is 7.29. The Kier molecular flexibility index (Phi) is 5.15. The van der Waals surface area contributed by atoms with Crippen molar-refractivity contribution in [2.24, 2.45) is 0 Å². The highest BCUT2D eigenvalue weighted by Crippen LogP contribution is 2.20. The van der Waals surface area contributed by atoms with Crippen LogP contribution in [0.5, 0.6) is 0 Å². The molecule has 3 rings (SSSR count). The lowest BCUT2D eigenvalue weighted by atomic mass is 10.1. The molecule has 0 unspecified atom stereocenters. The fourth-order valence-corrected chi connectivity index (χ4v) is 3.79. The molecule has 0 aromatic heterocycles. The molecule has 2 atom stereocenters. The molecule has 3 amide bonds. The smallest absolute Gasteiger partial charge is 0.243 e. The Labute approximate surface area is 136 Å². The van der Waals surface area contributed by atoms with E-state index in [9.17, 15) is 14.4 Å². The van der Waals surface area contributed by atoms with E-state index in [1.807, 2.05) is 0 Å². The van der Waals surface area contributed by atoms with Crippen molar-refractivity contribution in [2.45, 2.75) is 50.6 Å². The van der Waals surface area contributed by atoms with Gasteiger partial charge in [0.1, 0.15) is 6.04 Å². The van der Waals surface area contributed by atoms with Gasteiger partial charge in [-0.3, -0.25) is 19.3 Å². The first-order chi connectivity index (χ1) is 11.1. The molecule has 3 fully saturated rings. The van der Waals surface area contributed by atoms with Gasteiger partial charge in [-0.25, -0.2) is 0 Å². The Balaban J connectivity index is 1.48. The van der Waals surface area contributed by atoms with E-state index in [2.05, 4.69) is 15.5 Å². The average Bonchev–Trinajstić information content (AvgIpc) is 2.91. The number of nitrogens with zero attached hydrogens (tertiary/aromatic N) is 2. The number of likely N-dealkylation sites (tertiary alicyclic amines) is 1. The summed E-state index contributed by atoms with van der Waals surface area (Å²) in [5, 5.41) is 5.61. The number of carbonyl (C=O) groups excluding carboxylic acids is 3. The summed E-state index contributed by atoms with van der Waals surface area (Å²) in [5.74, 6) is -0.163. The van der Waals surface area contributed by atoms with E-state index in [4.69, 9.17) is 0 Å². The zero-order valence-corrected chi connectivity index (χ0v) is 13.6. The fourth-order valence-electron chi connectivity index (χ4n) is 3.79. The van der Waals surface area contributed by atoms with E-state index < -0.39 is 6.04 Å². The lowest BCUT2D eigenvalue weighted by Crippen LogP contribution is -2.55. The first-order valence-electron chi connectivity index (χ1n) is 8.72. The number of amides is 3. The van der Waals surface area contributed by atoms with Crippen molar-refractivity contribution in [2.75, 3.05) is 32.7 Å². The van der Waals surface area contributed by atoms with E-state index in [1.54, 1.807) is 4.90 Å². The largest absolute Gasteiger partial charge is 0.350 e. The van der Waals surface area contributed by atoms with Crippen LogP contribution in [0.3, 0.4) is 0 Å². The third-order valence-electron chi connectivity index (χ3n) is 5.02. The van der Waals surface area contributed by atoms with Gasteiger partial charge < -0.3 is 15.5 Å². The van der Waals surface area contributed by atoms with Crippen LogP contribution in [0.25, 0.3) is 0 Å². The van der Waals surface area contributed by atoms with Crippen LogP contribution in [-0.2, 0) is 14.4 Å². The Bertz CT molecular complexity index is 450. The summed E-state index contributed by atoms with van der Waals surface area (Å²) in [6.07, 6.45) is 6.62. The second-order valence-corrected chi connectivity index (χ2v) is 6.82. The average molecular weight is 322 g/mol. The van der Waals surface area contributed by atoms with Gasteiger partial charge >= 0.3 is 0 Å². The molecule has 3 aliphatic heterocycles. The van der Waals surface area contributed by atoms with E-state index >= 15 is 0 Å². The first-order valence-corrected chi connectivity index (χ1v) is 8.72. The van der Waals surface area contributed by atoms with E-state index in [1.165, 1.54) is 19.3 Å². The van der Waals surface area contributed by atoms with Crippen LogP contribution in [0.15, 0.2) is 0 Å². The highest BCUT2D eigenvalue weighted by atomic mass is 16.2. The predicted octanol–water partition coefficient (Wildman–Crippen LogP) is -0.532. The zero-order chi connectivity index (χ0) is 16.2. The number of rotatable bonds is 3. The lowest BCUT2D eigenvalue weighted by molar-refractivity contribution is -0.143. The van der Waals surface area contributed by atoms with Crippen LogP contribution < -0.4 is 10.6 Å². The van der Waals surface area contributed by atoms with Gasteiger partial charge in [-0.2, -0.15) is 0 Å². The summed E-state index contributed by atoms with van der Waals surface area (Å²) in [7, 11) is 0. The molecule has 0 aromatic rings. The molecule has 7 heteroatoms. The maximum Gasteiger partial charge on any atom is 0.243 e. The first kappa shape index (κ1) is 16.2. The molecular formula is C16H26N4O3. The minimum atomic E-state index is -0.414. The summed E-state index contributed by atoms with van der Waals surface area (Å²) in [6.45, 7) is 2.90. The number of fused-ring (bicyclic) bond motifs is 1. The molecule has 0 aromatic carbocycles. The molecule has 128 valence electrons. The molecule has 0 saturated carbocycles. The summed E-state index contributed by atoms with van der Waals surface area (Å²) >= 11 is 0. The number of hydrogen-bond acceptors (Lipinski definition) is 4. The molecule has 7 nitrogen and oxygen atoms in total. The highest BCUT2D eigenvalue weighted by Gasteiger charge is 2.42. The molecule has 3 saturated heterocycles. The summed E-state index contributed by atoms with van der Waals surface area (Å²) in [6, 6.07) is -0.529. The van der Waals surface area contributed by atoms with E-state index in [0.29, 0.717) is 19.5 Å². The molecule has 0 aliphatic carbocycles. The summed E-state index contributed by atoms with van der Waals surface area (Å²) in [5.41, 5.74) is 0. The van der Waals surface area contributed by atoms with Crippen molar-refractivity contribution in [3.05, 3.63) is 0 Å². The highest BCUT2D eigenvalue weighted by molar-refractivity contribution is 5.95. The van der Waals surface area contributed by atoms with Gasteiger partial charge in [0, 0.05) is 12.6 Å². The Hall–Kier alpha value is -1.63. The quantitative estimate of drug-likeness (QED) is 0.732. The standard InChI is InChI=1S/C16H26N4O3/c21-14(11-19-6-4-2-1-3-5-7-19)18-12-8-13-16(23)17-9-15(22)20(13)10-12/h12-13H,1-11H2,(H,17,23)(H,18,21)/t12-,13+/m1/s1. The Morgan fingerprint density at radius 2 is 1.83 bits per heavy atom. The van der Waals surface area contributed by atoms with Crippen LogP contribution in [-0.4, -0.2) is 72.3 Å². The van der Waals surface area contributed by atoms with Crippen LogP contribution >= 0.6 is 0 Å². The molecule has 23 heavy (non-hydrogen) atoms. The van der Waals surface area contributed by atoms with Crippen molar-refractivity contribution in [3.8, 4) is 0 Å². The third kappa shape index (κ3) is 4.02. The van der Waals surface area contributed by atoms with Crippen molar-refractivity contribution in [1.29, 1.82) is 0 Å². The Morgan fingerprint density at radius 1 is 1.13 bits per heavy atom. The number of nitrogens with one attached hydrogen (secondary N) is 2. The monoisotopic (exact) mass is 322 g/mol. The number of piperazine rings is 1. The van der Waals surface area contributed by atoms with Crippen molar-refractivity contribution >= 4 is 17.7 Å². The molecular weight excluding hydrogens is 296 g/mol. The van der Waals surface area contributed by atoms with Crippen LogP contribution in [0.1, 0.15) is 38.5 Å². The van der Waals surface area contributed by atoms with Crippen molar-refractivity contribution in [1.82, 2.24) is 20.4 Å². The summed E-state index contributed by atoms with van der Waals surface area (Å²) in [4.78, 5) is 39.7. The van der Waals surface area contributed by atoms with Gasteiger partial charge in [0.15, 0.2) is 0 Å². The zero-order valence-electron chi connectivity index (χ0n) is 13.6. The Morgan fingerprint density at radius 3 is 2.52 bits per heavy atom. The minimum absolute atomic E-state index is 0.00303. The van der Waals surface area contributed by atoms with Gasteiger partial charge in [-0.1, -0.05) is 19.3 Å². The second-order valence-electron chi connectivity index (χ2n) is 6.82. The van der Waals surface area contributed by atoms with Gasteiger partial charge in [0.2, 0.25) is 17.7 Å². The molecule has 3 heterocycles. The van der Waals surface area contributed by atoms with E-state index in [-0.39, 0.29) is 30.3 Å². The normalized spacial score (nSPS) is 29.5. The van der Waals surface area contributed by atoms with Gasteiger partial charge in [0.05, 0.1) is 13.1 Å². The van der Waals surface area contributed by atoms with Crippen LogP contribution in [0.4, 0.5) is 0 Å². The fraction of sp³-hybridized carbons (Fsp3) is 0.812. The molecule has 0 spiro atoms. The van der Waals surface area contributed by atoms with E-state index in [0.717, 1.165) is 25.9 Å². The predicted molar refractivity (Wildman–Crippen MR) is 84.6 cm³/mol. The SMILES string of the molecule is O=C(CN1CCCCCCC1)N[C@@H]1C[C@H]2C(=O)NCC(=O)N2C1. The van der Waals surface area contributed by atoms with Crippen LogP contribution in [0.2, 0.25) is 0 Å². The molecule has 0 radical (unpaired) electrons. The third-order valence-corrected chi connectivity index (χ3v) is 5.02. The number of carbonyl (C=O) groups is 3. The van der Waals surface area contributed by atoms with Crippen molar-refractivity contribution < 1.29 is 14.4 Å². The number of hydrogen-bond donors (Lipinski definition) is 2. The molecule has 0 bridgehead atoms. The maximum atomic E-state index is 12.3. The van der Waals surface area contributed by atoms with Crippen LogP contribution in [0, 0.1) is 0 Å². The topological polar surface area (TPSA) is 81.8 Å². The maximum absolute atomic E-state index is 12.3.